The van der Waals surface area contributed by atoms with Crippen molar-refractivity contribution in [3.63, 3.8) is 0 Å². The second-order valence-corrected chi connectivity index (χ2v) is 8.75. The Bertz CT molecular complexity index is 1140. The van der Waals surface area contributed by atoms with Crippen LogP contribution in [0, 0.1) is 0 Å². The number of rotatable bonds is 9. The van der Waals surface area contributed by atoms with Gasteiger partial charge in [0.15, 0.2) is 0 Å². The number of carboxylic acid groups (broad SMARTS) is 1. The van der Waals surface area contributed by atoms with Gasteiger partial charge in [-0.25, -0.2) is 9.59 Å². The highest BCUT2D eigenvalue weighted by Gasteiger charge is 2.31. The summed E-state index contributed by atoms with van der Waals surface area (Å²) in [5, 5.41) is 23.1. The van der Waals surface area contributed by atoms with E-state index in [-0.39, 0.29) is 18.9 Å². The minimum absolute atomic E-state index is 0.0726. The molecule has 1 aliphatic carbocycles. The lowest BCUT2D eigenvalue weighted by Crippen LogP contribution is -2.53. The molecule has 0 aliphatic heterocycles. The van der Waals surface area contributed by atoms with Crippen LogP contribution in [0.25, 0.3) is 11.1 Å². The van der Waals surface area contributed by atoms with Gasteiger partial charge in [0, 0.05) is 23.4 Å². The quantitative estimate of drug-likeness (QED) is 0.367. The number of carboxylic acids is 1. The predicted octanol–water partition coefficient (Wildman–Crippen LogP) is 2.15. The lowest BCUT2D eigenvalue weighted by molar-refractivity contribution is -0.143. The average Bonchev–Trinajstić information content (AvgIpc) is 3.46. The summed E-state index contributed by atoms with van der Waals surface area (Å²) in [7, 11) is 0. The van der Waals surface area contributed by atoms with E-state index in [4.69, 9.17) is 9.84 Å². The molecule has 2 aromatic carbocycles. The topological polar surface area (TPSA) is 138 Å². The van der Waals surface area contributed by atoms with E-state index in [0.29, 0.717) is 0 Å². The van der Waals surface area contributed by atoms with Gasteiger partial charge in [0.1, 0.15) is 18.7 Å². The number of nitrogens with one attached hydrogen (secondary N) is 2. The van der Waals surface area contributed by atoms with Crippen molar-refractivity contribution in [1.29, 1.82) is 0 Å². The number of aliphatic hydroxyl groups is 1. The Morgan fingerprint density at radius 3 is 2.21 bits per heavy atom. The van der Waals surface area contributed by atoms with Gasteiger partial charge in [-0.1, -0.05) is 48.5 Å². The van der Waals surface area contributed by atoms with E-state index in [9.17, 15) is 19.5 Å². The number of benzene rings is 2. The molecule has 0 spiro atoms. The van der Waals surface area contributed by atoms with Gasteiger partial charge in [0.25, 0.3) is 0 Å². The molecule has 1 heterocycles. The molecule has 2 atom stereocenters. The molecule has 2 amide bonds. The summed E-state index contributed by atoms with van der Waals surface area (Å²) in [4.78, 5) is 41.2. The molecule has 0 fully saturated rings. The molecule has 0 saturated carbocycles. The van der Waals surface area contributed by atoms with Crippen LogP contribution in [0.4, 0.5) is 4.79 Å². The summed E-state index contributed by atoms with van der Waals surface area (Å²) < 4.78 is 5.51. The van der Waals surface area contributed by atoms with Crippen molar-refractivity contribution in [2.24, 2.45) is 0 Å². The van der Waals surface area contributed by atoms with Crippen molar-refractivity contribution in [1.82, 2.24) is 15.6 Å². The molecule has 10 heteroatoms. The largest absolute Gasteiger partial charge is 0.480 e. The molecule has 176 valence electrons. The van der Waals surface area contributed by atoms with Crippen LogP contribution in [0.2, 0.25) is 0 Å². The third kappa shape index (κ3) is 5.08. The molecule has 4 N–H and O–H groups in total. The number of fused-ring (bicyclic) bond motifs is 3. The van der Waals surface area contributed by atoms with Crippen LogP contribution < -0.4 is 10.6 Å². The Hall–Kier alpha value is -3.76. The molecule has 4 rings (SSSR count). The third-order valence-electron chi connectivity index (χ3n) is 5.64. The minimum atomic E-state index is -1.49. The molecule has 3 aromatic rings. The van der Waals surface area contributed by atoms with E-state index < -0.39 is 36.7 Å². The Balaban J connectivity index is 1.45. The maximum atomic E-state index is 12.7. The van der Waals surface area contributed by atoms with E-state index in [1.165, 1.54) is 11.3 Å². The first-order chi connectivity index (χ1) is 16.5. The second-order valence-electron chi connectivity index (χ2n) is 7.78. The first-order valence-electron chi connectivity index (χ1n) is 10.6. The second kappa shape index (κ2) is 10.4. The zero-order chi connectivity index (χ0) is 24.1. The number of aliphatic carboxylic acids is 1. The zero-order valence-electron chi connectivity index (χ0n) is 18.0. The van der Waals surface area contributed by atoms with Crippen molar-refractivity contribution in [3.05, 3.63) is 76.2 Å². The average molecular weight is 482 g/mol. The molecule has 2 unspecified atom stereocenters. The summed E-state index contributed by atoms with van der Waals surface area (Å²) in [6.45, 7) is -0.706. The van der Waals surface area contributed by atoms with Gasteiger partial charge in [0.05, 0.1) is 12.1 Å². The predicted molar refractivity (Wildman–Crippen MR) is 124 cm³/mol. The normalized spacial score (nSPS) is 13.9. The number of amides is 2. The van der Waals surface area contributed by atoms with E-state index in [1.54, 1.807) is 11.7 Å². The van der Waals surface area contributed by atoms with Gasteiger partial charge in [-0.3, -0.25) is 9.78 Å². The van der Waals surface area contributed by atoms with Crippen molar-refractivity contribution in [2.75, 3.05) is 13.2 Å². The van der Waals surface area contributed by atoms with Gasteiger partial charge in [0.2, 0.25) is 5.91 Å². The van der Waals surface area contributed by atoms with E-state index in [2.05, 4.69) is 15.6 Å². The fraction of sp³-hybridized carbons (Fsp3) is 0.250. The van der Waals surface area contributed by atoms with Gasteiger partial charge >= 0.3 is 12.1 Å². The van der Waals surface area contributed by atoms with Crippen molar-refractivity contribution in [3.8, 4) is 11.1 Å². The number of nitrogens with zero attached hydrogens (tertiary/aromatic N) is 1. The fourth-order valence-electron chi connectivity index (χ4n) is 3.99. The van der Waals surface area contributed by atoms with Crippen molar-refractivity contribution in [2.45, 2.75) is 24.4 Å². The van der Waals surface area contributed by atoms with Crippen molar-refractivity contribution >= 4 is 29.3 Å². The summed E-state index contributed by atoms with van der Waals surface area (Å²) in [5.41, 5.74) is 5.90. The lowest BCUT2D eigenvalue weighted by atomic mass is 9.98. The summed E-state index contributed by atoms with van der Waals surface area (Å²) in [6, 6.07) is 13.3. The maximum absolute atomic E-state index is 12.7. The Kier molecular flexibility index (Phi) is 7.19. The number of carbonyl (C=O) groups is 3. The van der Waals surface area contributed by atoms with E-state index in [1.807, 2.05) is 48.5 Å². The zero-order valence-corrected chi connectivity index (χ0v) is 18.8. The summed E-state index contributed by atoms with van der Waals surface area (Å²) in [6.07, 6.45) is 0.853. The van der Waals surface area contributed by atoms with Crippen LogP contribution in [0.3, 0.4) is 0 Å². The van der Waals surface area contributed by atoms with Gasteiger partial charge in [-0.05, 0) is 22.3 Å². The Morgan fingerprint density at radius 2 is 1.65 bits per heavy atom. The maximum Gasteiger partial charge on any atom is 0.407 e. The lowest BCUT2D eigenvalue weighted by Gasteiger charge is -2.21. The molecular weight excluding hydrogens is 458 g/mol. The molecular formula is C24H23N3O6S. The van der Waals surface area contributed by atoms with Crippen LogP contribution in [0.1, 0.15) is 21.9 Å². The number of alkyl carbamates (subject to hydrolysis) is 1. The van der Waals surface area contributed by atoms with E-state index >= 15 is 0 Å². The number of aliphatic hydroxyl groups excluding tert-OH is 1. The molecule has 0 radical (unpaired) electrons. The summed E-state index contributed by atoms with van der Waals surface area (Å²) >= 11 is 1.30. The highest BCUT2D eigenvalue weighted by molar-refractivity contribution is 7.09. The van der Waals surface area contributed by atoms with Crippen LogP contribution in [0.5, 0.6) is 0 Å². The number of ether oxygens (including phenoxy) is 1. The fourth-order valence-corrected chi connectivity index (χ4v) is 4.64. The SMILES string of the molecule is O=C(NC(Cc1cncs1)C(=O)NC(CO)C(=O)O)OCC1c2ccccc2-c2ccccc21. The molecule has 0 bridgehead atoms. The Labute approximate surface area is 199 Å². The Morgan fingerprint density at radius 1 is 1.00 bits per heavy atom. The summed E-state index contributed by atoms with van der Waals surface area (Å²) in [5.74, 6) is -2.27. The monoisotopic (exact) mass is 481 g/mol. The molecule has 1 aromatic heterocycles. The van der Waals surface area contributed by atoms with Crippen molar-refractivity contribution < 1.29 is 29.3 Å². The molecule has 9 nitrogen and oxygen atoms in total. The minimum Gasteiger partial charge on any atom is -0.480 e. The van der Waals surface area contributed by atoms with Crippen LogP contribution in [-0.2, 0) is 20.7 Å². The molecule has 1 aliphatic rings. The van der Waals surface area contributed by atoms with Crippen LogP contribution >= 0.6 is 11.3 Å². The number of hydrogen-bond donors (Lipinski definition) is 4. The third-order valence-corrected chi connectivity index (χ3v) is 6.44. The van der Waals surface area contributed by atoms with E-state index in [0.717, 1.165) is 27.1 Å². The highest BCUT2D eigenvalue weighted by atomic mass is 32.1. The standard InChI is InChI=1S/C24H23N3O6S/c28-11-21(23(30)31)26-22(29)20(9-14-10-25-13-34-14)27-24(32)33-12-19-17-7-3-1-5-15(17)16-6-2-4-8-18(16)19/h1-8,10,13,19-21,28H,9,11-12H2,(H,26,29)(H,27,32)(H,30,31). The number of hydrogen-bond acceptors (Lipinski definition) is 7. The first kappa shape index (κ1) is 23.4. The van der Waals surface area contributed by atoms with Crippen LogP contribution in [-0.4, -0.2) is 58.5 Å². The highest BCUT2D eigenvalue weighted by Crippen LogP contribution is 2.44. The number of thiazole rings is 1. The molecule has 0 saturated heterocycles. The van der Waals surface area contributed by atoms with Gasteiger partial charge < -0.3 is 25.6 Å². The smallest absolute Gasteiger partial charge is 0.407 e. The number of carbonyl (C=O) groups excluding carboxylic acids is 2. The van der Waals surface area contributed by atoms with Gasteiger partial charge in [-0.2, -0.15) is 0 Å². The van der Waals surface area contributed by atoms with Gasteiger partial charge in [-0.15, -0.1) is 11.3 Å². The molecule has 34 heavy (non-hydrogen) atoms. The first-order valence-corrected chi connectivity index (χ1v) is 11.5. The van der Waals surface area contributed by atoms with Crippen LogP contribution in [0.15, 0.2) is 60.2 Å². The number of aromatic nitrogens is 1.